The van der Waals surface area contributed by atoms with Gasteiger partial charge in [-0.05, 0) is 55.5 Å². The van der Waals surface area contributed by atoms with Crippen LogP contribution < -0.4 is 4.31 Å². The molecule has 1 heterocycles. The molecule has 33 heavy (non-hydrogen) atoms. The summed E-state index contributed by atoms with van der Waals surface area (Å²) in [6, 6.07) is 23.3. The van der Waals surface area contributed by atoms with E-state index in [4.69, 9.17) is 0 Å². The van der Waals surface area contributed by atoms with Crippen LogP contribution in [0.3, 0.4) is 0 Å². The topological polar surface area (TPSA) is 57.7 Å². The van der Waals surface area contributed by atoms with Crippen molar-refractivity contribution in [1.82, 2.24) is 4.90 Å². The molecule has 6 heteroatoms. The van der Waals surface area contributed by atoms with Crippen LogP contribution in [-0.2, 0) is 16.6 Å². The van der Waals surface area contributed by atoms with E-state index in [1.807, 2.05) is 42.2 Å². The molecule has 3 aromatic carbocycles. The molecular weight excluding hydrogens is 432 g/mol. The van der Waals surface area contributed by atoms with Crippen molar-refractivity contribution in [2.45, 2.75) is 38.1 Å². The monoisotopic (exact) mass is 462 g/mol. The molecule has 0 bridgehead atoms. The average molecular weight is 463 g/mol. The zero-order valence-corrected chi connectivity index (χ0v) is 20.0. The minimum Gasteiger partial charge on any atom is -0.338 e. The second-order valence-corrected chi connectivity index (χ2v) is 10.7. The Morgan fingerprint density at radius 2 is 1.64 bits per heavy atom. The molecule has 1 atom stereocenters. The standard InChI is InChI=1S/C27H30N2O3S/c1-21-14-16-24(17-15-21)33(31,32)29(20-23-10-4-3-5-11-23)26-13-7-6-12-25(26)27(30)28-18-8-9-22(2)19-28/h3-7,10-17,22H,8-9,18-20H2,1-2H3/t22-/m1/s1. The first-order valence-electron chi connectivity index (χ1n) is 11.4. The van der Waals surface area contributed by atoms with E-state index >= 15 is 0 Å². The number of para-hydroxylation sites is 1. The first-order chi connectivity index (χ1) is 15.9. The van der Waals surface area contributed by atoms with Gasteiger partial charge in [-0.15, -0.1) is 0 Å². The number of anilines is 1. The molecule has 0 aliphatic carbocycles. The summed E-state index contributed by atoms with van der Waals surface area (Å²) < 4.78 is 29.1. The van der Waals surface area contributed by atoms with Gasteiger partial charge < -0.3 is 4.90 Å². The molecule has 1 aliphatic heterocycles. The van der Waals surface area contributed by atoms with Crippen LogP contribution in [-0.4, -0.2) is 32.3 Å². The molecule has 0 N–H and O–H groups in total. The Morgan fingerprint density at radius 1 is 0.970 bits per heavy atom. The number of sulfonamides is 1. The van der Waals surface area contributed by atoms with Crippen LogP contribution in [0.2, 0.25) is 0 Å². The van der Waals surface area contributed by atoms with Crippen molar-refractivity contribution < 1.29 is 13.2 Å². The molecule has 1 fully saturated rings. The number of aryl methyl sites for hydroxylation is 1. The first kappa shape index (κ1) is 23.1. The number of hydrogen-bond acceptors (Lipinski definition) is 3. The Morgan fingerprint density at radius 3 is 2.33 bits per heavy atom. The highest BCUT2D eigenvalue weighted by Gasteiger charge is 2.31. The van der Waals surface area contributed by atoms with E-state index in [0.29, 0.717) is 30.3 Å². The Balaban J connectivity index is 1.79. The van der Waals surface area contributed by atoms with Crippen LogP contribution in [0, 0.1) is 12.8 Å². The van der Waals surface area contributed by atoms with Crippen LogP contribution in [0.4, 0.5) is 5.69 Å². The SMILES string of the molecule is Cc1ccc(S(=O)(=O)N(Cc2ccccc2)c2ccccc2C(=O)N2CCC[C@@H](C)C2)cc1. The van der Waals surface area contributed by atoms with Gasteiger partial charge in [-0.3, -0.25) is 9.10 Å². The highest BCUT2D eigenvalue weighted by molar-refractivity contribution is 7.92. The van der Waals surface area contributed by atoms with Gasteiger partial charge in [0, 0.05) is 13.1 Å². The number of amides is 1. The molecule has 0 aromatic heterocycles. The Hall–Kier alpha value is -3.12. The van der Waals surface area contributed by atoms with Gasteiger partial charge in [-0.25, -0.2) is 8.42 Å². The van der Waals surface area contributed by atoms with Crippen LogP contribution in [0.5, 0.6) is 0 Å². The number of rotatable bonds is 6. The molecule has 0 saturated carbocycles. The third kappa shape index (κ3) is 5.11. The van der Waals surface area contributed by atoms with Crippen LogP contribution in [0.1, 0.15) is 41.3 Å². The van der Waals surface area contributed by atoms with E-state index in [2.05, 4.69) is 6.92 Å². The number of carbonyl (C=O) groups excluding carboxylic acids is 1. The molecule has 0 unspecified atom stereocenters. The van der Waals surface area contributed by atoms with E-state index < -0.39 is 10.0 Å². The van der Waals surface area contributed by atoms with Gasteiger partial charge in [-0.1, -0.05) is 67.1 Å². The predicted octanol–water partition coefficient (Wildman–Crippen LogP) is 5.26. The summed E-state index contributed by atoms with van der Waals surface area (Å²) in [5.41, 5.74) is 2.66. The molecule has 3 aromatic rings. The first-order valence-corrected chi connectivity index (χ1v) is 12.8. The van der Waals surface area contributed by atoms with Gasteiger partial charge in [0.2, 0.25) is 0 Å². The van der Waals surface area contributed by atoms with E-state index in [1.165, 1.54) is 4.31 Å². The lowest BCUT2D eigenvalue weighted by Gasteiger charge is -2.33. The Bertz CT molecular complexity index is 1210. The summed E-state index contributed by atoms with van der Waals surface area (Å²) in [5.74, 6) is 0.320. The van der Waals surface area contributed by atoms with Gasteiger partial charge >= 0.3 is 0 Å². The van der Waals surface area contributed by atoms with Crippen LogP contribution in [0.15, 0.2) is 83.8 Å². The van der Waals surface area contributed by atoms with E-state index in [-0.39, 0.29) is 17.3 Å². The quantitative estimate of drug-likeness (QED) is 0.502. The lowest BCUT2D eigenvalue weighted by molar-refractivity contribution is 0.0684. The lowest BCUT2D eigenvalue weighted by atomic mass is 9.99. The minimum atomic E-state index is -3.90. The number of benzene rings is 3. The fourth-order valence-corrected chi connectivity index (χ4v) is 5.77. The molecule has 0 spiro atoms. The molecule has 5 nitrogen and oxygen atoms in total. The van der Waals surface area contributed by atoms with Crippen molar-refractivity contribution in [3.05, 3.63) is 95.6 Å². The Kier molecular flexibility index (Phi) is 6.84. The number of likely N-dealkylation sites (tertiary alicyclic amines) is 1. The third-order valence-electron chi connectivity index (χ3n) is 6.13. The maximum atomic E-state index is 13.9. The van der Waals surface area contributed by atoms with Gasteiger partial charge in [0.05, 0.1) is 22.7 Å². The molecule has 1 amide bonds. The van der Waals surface area contributed by atoms with Gasteiger partial charge in [0.25, 0.3) is 15.9 Å². The molecule has 1 aliphatic rings. The number of piperidine rings is 1. The smallest absolute Gasteiger partial charge is 0.264 e. The van der Waals surface area contributed by atoms with Crippen molar-refractivity contribution in [3.63, 3.8) is 0 Å². The average Bonchev–Trinajstić information content (AvgIpc) is 2.83. The highest BCUT2D eigenvalue weighted by Crippen LogP contribution is 2.31. The molecule has 172 valence electrons. The number of nitrogens with zero attached hydrogens (tertiary/aromatic N) is 2. The maximum absolute atomic E-state index is 13.9. The summed E-state index contributed by atoms with van der Waals surface area (Å²) in [4.78, 5) is 15.6. The van der Waals surface area contributed by atoms with Crippen molar-refractivity contribution in [2.75, 3.05) is 17.4 Å². The maximum Gasteiger partial charge on any atom is 0.264 e. The fourth-order valence-electron chi connectivity index (χ4n) is 4.30. The van der Waals surface area contributed by atoms with Gasteiger partial charge in [0.15, 0.2) is 0 Å². The zero-order valence-electron chi connectivity index (χ0n) is 19.1. The van der Waals surface area contributed by atoms with Crippen molar-refractivity contribution >= 4 is 21.6 Å². The largest absolute Gasteiger partial charge is 0.338 e. The second-order valence-electron chi connectivity index (χ2n) is 8.83. The summed E-state index contributed by atoms with van der Waals surface area (Å²) in [5, 5.41) is 0. The van der Waals surface area contributed by atoms with Crippen molar-refractivity contribution in [1.29, 1.82) is 0 Å². The van der Waals surface area contributed by atoms with Crippen LogP contribution >= 0.6 is 0 Å². The second kappa shape index (κ2) is 9.79. The normalized spacial score (nSPS) is 16.4. The highest BCUT2D eigenvalue weighted by atomic mass is 32.2. The zero-order chi connectivity index (χ0) is 23.4. The number of carbonyl (C=O) groups is 1. The summed E-state index contributed by atoms with van der Waals surface area (Å²) >= 11 is 0. The van der Waals surface area contributed by atoms with E-state index in [1.54, 1.807) is 48.5 Å². The van der Waals surface area contributed by atoms with Crippen LogP contribution in [0.25, 0.3) is 0 Å². The van der Waals surface area contributed by atoms with E-state index in [9.17, 15) is 13.2 Å². The van der Waals surface area contributed by atoms with Gasteiger partial charge in [0.1, 0.15) is 0 Å². The third-order valence-corrected chi connectivity index (χ3v) is 7.90. The number of hydrogen-bond donors (Lipinski definition) is 0. The summed E-state index contributed by atoms with van der Waals surface area (Å²) in [6.07, 6.45) is 2.07. The molecular formula is C27H30N2O3S. The lowest BCUT2D eigenvalue weighted by Crippen LogP contribution is -2.40. The molecule has 1 saturated heterocycles. The predicted molar refractivity (Wildman–Crippen MR) is 132 cm³/mol. The minimum absolute atomic E-state index is 0.116. The van der Waals surface area contributed by atoms with Crippen molar-refractivity contribution in [3.8, 4) is 0 Å². The van der Waals surface area contributed by atoms with E-state index in [0.717, 1.165) is 24.0 Å². The summed E-state index contributed by atoms with van der Waals surface area (Å²) in [7, 11) is -3.90. The van der Waals surface area contributed by atoms with Crippen molar-refractivity contribution in [2.24, 2.45) is 5.92 Å². The summed E-state index contributed by atoms with van der Waals surface area (Å²) in [6.45, 7) is 5.59. The molecule has 4 rings (SSSR count). The molecule has 0 radical (unpaired) electrons. The van der Waals surface area contributed by atoms with Gasteiger partial charge in [-0.2, -0.15) is 0 Å². The Labute approximate surface area is 196 Å². The fraction of sp³-hybridized carbons (Fsp3) is 0.296.